The Bertz CT molecular complexity index is 1020. The van der Waals surface area contributed by atoms with Crippen LogP contribution in [0.5, 0.6) is 0 Å². The molecule has 0 spiro atoms. The van der Waals surface area contributed by atoms with Gasteiger partial charge < -0.3 is 5.32 Å². The highest BCUT2D eigenvalue weighted by molar-refractivity contribution is 6.42. The first kappa shape index (κ1) is 18.4. The van der Waals surface area contributed by atoms with E-state index in [4.69, 9.17) is 23.2 Å². The largest absolute Gasteiger partial charge is 0.321 e. The number of aryl methyl sites for hydroxylation is 2. The monoisotopic (exact) mass is 395 g/mol. The number of halogens is 4. The molecular formula is C18H13Cl2F2N3O. The van der Waals surface area contributed by atoms with E-state index >= 15 is 0 Å². The molecule has 0 atom stereocenters. The van der Waals surface area contributed by atoms with Gasteiger partial charge in [0.15, 0.2) is 0 Å². The zero-order valence-corrected chi connectivity index (χ0v) is 15.3. The minimum Gasteiger partial charge on any atom is -0.321 e. The van der Waals surface area contributed by atoms with E-state index < -0.39 is 17.7 Å². The van der Waals surface area contributed by atoms with Gasteiger partial charge in [-0.05, 0) is 42.8 Å². The maximum atomic E-state index is 14.1. The fourth-order valence-corrected chi connectivity index (χ4v) is 2.90. The number of hydrogen-bond donors (Lipinski definition) is 1. The molecule has 0 saturated heterocycles. The summed E-state index contributed by atoms with van der Waals surface area (Å²) in [5, 5.41) is 7.13. The standard InChI is InChI=1S/C18H13Cl2F2N3O/c1-9-16(17(22)25(2)24-9)18(26)23-15-6-4-11(21)8-12(15)10-3-5-13(19)14(20)7-10/h3-8H,1-2H3,(H,23,26). The van der Waals surface area contributed by atoms with Gasteiger partial charge in [0.25, 0.3) is 5.91 Å². The second-order valence-electron chi connectivity index (χ2n) is 5.65. The molecule has 0 aliphatic rings. The molecule has 3 aromatic rings. The van der Waals surface area contributed by atoms with Crippen LogP contribution in [0.15, 0.2) is 36.4 Å². The van der Waals surface area contributed by atoms with Crippen LogP contribution < -0.4 is 5.32 Å². The number of nitrogens with one attached hydrogen (secondary N) is 1. The molecule has 2 aromatic carbocycles. The number of aromatic nitrogens is 2. The first-order valence-electron chi connectivity index (χ1n) is 7.53. The molecule has 3 rings (SSSR count). The fourth-order valence-electron chi connectivity index (χ4n) is 2.60. The van der Waals surface area contributed by atoms with E-state index in [0.717, 1.165) is 4.68 Å². The number of rotatable bonds is 3. The van der Waals surface area contributed by atoms with Gasteiger partial charge in [-0.3, -0.25) is 4.79 Å². The van der Waals surface area contributed by atoms with Crippen molar-refractivity contribution in [1.82, 2.24) is 9.78 Å². The van der Waals surface area contributed by atoms with Crippen LogP contribution in [0.4, 0.5) is 14.5 Å². The lowest BCUT2D eigenvalue weighted by atomic mass is 10.0. The molecule has 0 saturated carbocycles. The molecule has 1 amide bonds. The molecule has 134 valence electrons. The van der Waals surface area contributed by atoms with E-state index in [1.807, 2.05) is 0 Å². The van der Waals surface area contributed by atoms with Gasteiger partial charge in [0, 0.05) is 18.3 Å². The van der Waals surface area contributed by atoms with Crippen molar-refractivity contribution in [2.75, 3.05) is 5.32 Å². The van der Waals surface area contributed by atoms with Crippen LogP contribution in [0.25, 0.3) is 11.1 Å². The molecule has 0 bridgehead atoms. The minimum atomic E-state index is -0.752. The van der Waals surface area contributed by atoms with Crippen molar-refractivity contribution in [1.29, 1.82) is 0 Å². The third-order valence-electron chi connectivity index (χ3n) is 3.84. The Morgan fingerprint density at radius 3 is 2.46 bits per heavy atom. The van der Waals surface area contributed by atoms with Crippen molar-refractivity contribution in [3.63, 3.8) is 0 Å². The summed E-state index contributed by atoms with van der Waals surface area (Å²) in [5.41, 5.74) is 1.33. The molecule has 1 aromatic heterocycles. The highest BCUT2D eigenvalue weighted by Gasteiger charge is 2.21. The number of benzene rings is 2. The Morgan fingerprint density at radius 2 is 1.85 bits per heavy atom. The van der Waals surface area contributed by atoms with E-state index in [2.05, 4.69) is 10.4 Å². The number of hydrogen-bond acceptors (Lipinski definition) is 2. The van der Waals surface area contributed by atoms with Gasteiger partial charge in [0.05, 0.1) is 15.7 Å². The van der Waals surface area contributed by atoms with Crippen LogP contribution >= 0.6 is 23.2 Å². The van der Waals surface area contributed by atoms with Crippen LogP contribution in [0.1, 0.15) is 16.1 Å². The van der Waals surface area contributed by atoms with Crippen molar-refractivity contribution >= 4 is 34.8 Å². The van der Waals surface area contributed by atoms with Crippen molar-refractivity contribution in [2.24, 2.45) is 7.05 Å². The zero-order chi connectivity index (χ0) is 19.0. The van der Waals surface area contributed by atoms with Crippen LogP contribution in [0.3, 0.4) is 0 Å². The van der Waals surface area contributed by atoms with Crippen molar-refractivity contribution in [2.45, 2.75) is 6.92 Å². The predicted molar refractivity (Wildman–Crippen MR) is 97.7 cm³/mol. The lowest BCUT2D eigenvalue weighted by Crippen LogP contribution is -2.15. The maximum Gasteiger partial charge on any atom is 0.262 e. The van der Waals surface area contributed by atoms with Crippen LogP contribution in [0, 0.1) is 18.7 Å². The smallest absolute Gasteiger partial charge is 0.262 e. The van der Waals surface area contributed by atoms with Gasteiger partial charge in [-0.25, -0.2) is 9.07 Å². The second kappa shape index (κ2) is 7.05. The lowest BCUT2D eigenvalue weighted by Gasteiger charge is -2.12. The zero-order valence-electron chi connectivity index (χ0n) is 13.8. The van der Waals surface area contributed by atoms with Crippen LogP contribution in [-0.2, 0) is 7.05 Å². The van der Waals surface area contributed by atoms with Crippen molar-refractivity contribution < 1.29 is 13.6 Å². The highest BCUT2D eigenvalue weighted by atomic mass is 35.5. The molecule has 0 unspecified atom stereocenters. The summed E-state index contributed by atoms with van der Waals surface area (Å²) in [7, 11) is 1.40. The number of carbonyl (C=O) groups is 1. The molecule has 0 aliphatic heterocycles. The molecule has 26 heavy (non-hydrogen) atoms. The molecule has 0 fully saturated rings. The lowest BCUT2D eigenvalue weighted by molar-refractivity contribution is 0.102. The first-order valence-corrected chi connectivity index (χ1v) is 8.29. The van der Waals surface area contributed by atoms with E-state index in [-0.39, 0.29) is 11.3 Å². The topological polar surface area (TPSA) is 46.9 Å². The Balaban J connectivity index is 2.03. The van der Waals surface area contributed by atoms with E-state index in [9.17, 15) is 13.6 Å². The van der Waals surface area contributed by atoms with E-state index in [1.165, 1.54) is 32.2 Å². The molecule has 1 N–H and O–H groups in total. The van der Waals surface area contributed by atoms with E-state index in [0.29, 0.717) is 26.9 Å². The van der Waals surface area contributed by atoms with Gasteiger partial charge in [-0.2, -0.15) is 9.49 Å². The van der Waals surface area contributed by atoms with Gasteiger partial charge in [0.2, 0.25) is 5.95 Å². The van der Waals surface area contributed by atoms with Gasteiger partial charge in [-0.15, -0.1) is 0 Å². The van der Waals surface area contributed by atoms with Crippen molar-refractivity contribution in [3.8, 4) is 11.1 Å². The number of anilines is 1. The number of amides is 1. The Kier molecular flexibility index (Phi) is 4.98. The molecule has 4 nitrogen and oxygen atoms in total. The summed E-state index contributed by atoms with van der Waals surface area (Å²) in [6.07, 6.45) is 0. The molecule has 8 heteroatoms. The quantitative estimate of drug-likeness (QED) is 0.659. The second-order valence-corrected chi connectivity index (χ2v) is 6.46. The molecule has 0 radical (unpaired) electrons. The Hall–Kier alpha value is -2.44. The Morgan fingerprint density at radius 1 is 1.12 bits per heavy atom. The SMILES string of the molecule is Cc1nn(C)c(F)c1C(=O)Nc1ccc(F)cc1-c1ccc(Cl)c(Cl)c1. The fraction of sp³-hybridized carbons (Fsp3) is 0.111. The van der Waals surface area contributed by atoms with Gasteiger partial charge >= 0.3 is 0 Å². The Labute approximate surface area is 158 Å². The predicted octanol–water partition coefficient (Wildman–Crippen LogP) is 5.23. The third kappa shape index (κ3) is 3.43. The summed E-state index contributed by atoms with van der Waals surface area (Å²) in [5.74, 6) is -1.92. The molecule has 0 aliphatic carbocycles. The molecule has 1 heterocycles. The first-order chi connectivity index (χ1) is 12.3. The average molecular weight is 396 g/mol. The van der Waals surface area contributed by atoms with Gasteiger partial charge in [0.1, 0.15) is 11.4 Å². The van der Waals surface area contributed by atoms with Crippen molar-refractivity contribution in [3.05, 3.63) is 69.5 Å². The average Bonchev–Trinajstić information content (AvgIpc) is 2.84. The van der Waals surface area contributed by atoms with Gasteiger partial charge in [-0.1, -0.05) is 29.3 Å². The summed E-state index contributed by atoms with van der Waals surface area (Å²) in [6.45, 7) is 1.53. The molecular weight excluding hydrogens is 383 g/mol. The summed E-state index contributed by atoms with van der Waals surface area (Å²) >= 11 is 11.9. The summed E-state index contributed by atoms with van der Waals surface area (Å²) in [4.78, 5) is 12.5. The summed E-state index contributed by atoms with van der Waals surface area (Å²) < 4.78 is 28.8. The minimum absolute atomic E-state index is 0.170. The highest BCUT2D eigenvalue weighted by Crippen LogP contribution is 2.33. The van der Waals surface area contributed by atoms with E-state index in [1.54, 1.807) is 18.2 Å². The maximum absolute atomic E-state index is 14.1. The number of carbonyl (C=O) groups excluding carboxylic acids is 1. The third-order valence-corrected chi connectivity index (χ3v) is 4.58. The van der Waals surface area contributed by atoms with Crippen LogP contribution in [-0.4, -0.2) is 15.7 Å². The normalized spacial score (nSPS) is 10.8. The number of nitrogens with zero attached hydrogens (tertiary/aromatic N) is 2. The van der Waals surface area contributed by atoms with Crippen LogP contribution in [0.2, 0.25) is 10.0 Å². The summed E-state index contributed by atoms with van der Waals surface area (Å²) in [6, 6.07) is 8.62.